The smallest absolute Gasteiger partial charge is 0.127 e. The quantitative estimate of drug-likeness (QED) is 0.592. The number of halogens is 1. The zero-order valence-corrected chi connectivity index (χ0v) is 13.3. The lowest BCUT2D eigenvalue weighted by Gasteiger charge is -2.41. The van der Waals surface area contributed by atoms with E-state index in [0.717, 1.165) is 12.2 Å². The van der Waals surface area contributed by atoms with Gasteiger partial charge in [-0.3, -0.25) is 0 Å². The number of benzene rings is 1. The minimum atomic E-state index is 0.107. The van der Waals surface area contributed by atoms with Crippen molar-refractivity contribution in [1.29, 1.82) is 0 Å². The molecule has 0 spiro atoms. The average Bonchev–Trinajstić information content (AvgIpc) is 2.38. The van der Waals surface area contributed by atoms with E-state index in [4.69, 9.17) is 14.2 Å². The van der Waals surface area contributed by atoms with Crippen molar-refractivity contribution in [2.24, 2.45) is 0 Å². The Balaban J connectivity index is 1.93. The third-order valence-electron chi connectivity index (χ3n) is 3.40. The Bertz CT molecular complexity index is 422. The second-order valence-corrected chi connectivity index (χ2v) is 6.18. The van der Waals surface area contributed by atoms with Gasteiger partial charge < -0.3 is 14.2 Å². The summed E-state index contributed by atoms with van der Waals surface area (Å²) in [5.74, 6) is 0.963. The molecule has 0 saturated heterocycles. The highest BCUT2D eigenvalue weighted by Gasteiger charge is 2.42. The second-order valence-electron chi connectivity index (χ2n) is 5.01. The molecule has 3 unspecified atom stereocenters. The van der Waals surface area contributed by atoms with E-state index in [0.29, 0.717) is 18.0 Å². The fraction of sp³-hybridized carbons (Fsp3) is 0.600. The van der Waals surface area contributed by atoms with E-state index >= 15 is 0 Å². The predicted octanol–water partition coefficient (Wildman–Crippen LogP) is 3.25. The first-order valence-corrected chi connectivity index (χ1v) is 7.52. The minimum absolute atomic E-state index is 0.107. The van der Waals surface area contributed by atoms with E-state index in [1.165, 1.54) is 11.1 Å². The SMILES string of the molecule is COCCOC1C(Br)CC1Oc1cc(C)ccc1C. The fourth-order valence-corrected chi connectivity index (χ4v) is 2.98. The van der Waals surface area contributed by atoms with Crippen molar-refractivity contribution >= 4 is 15.9 Å². The molecule has 0 heterocycles. The Morgan fingerprint density at radius 1 is 1.26 bits per heavy atom. The summed E-state index contributed by atoms with van der Waals surface area (Å²) in [5.41, 5.74) is 2.38. The van der Waals surface area contributed by atoms with Gasteiger partial charge in [-0.05, 0) is 31.0 Å². The van der Waals surface area contributed by atoms with E-state index in [-0.39, 0.29) is 12.2 Å². The molecule has 0 amide bonds. The first-order chi connectivity index (χ1) is 9.11. The highest BCUT2D eigenvalue weighted by molar-refractivity contribution is 9.09. The van der Waals surface area contributed by atoms with Crippen molar-refractivity contribution in [3.63, 3.8) is 0 Å². The van der Waals surface area contributed by atoms with Gasteiger partial charge in [-0.1, -0.05) is 28.1 Å². The Morgan fingerprint density at radius 3 is 2.74 bits per heavy atom. The van der Waals surface area contributed by atoms with Gasteiger partial charge in [0.05, 0.1) is 13.2 Å². The van der Waals surface area contributed by atoms with E-state index in [1.807, 2.05) is 0 Å². The van der Waals surface area contributed by atoms with Crippen molar-refractivity contribution < 1.29 is 14.2 Å². The predicted molar refractivity (Wildman–Crippen MR) is 79.3 cm³/mol. The largest absolute Gasteiger partial charge is 0.487 e. The summed E-state index contributed by atoms with van der Waals surface area (Å²) < 4.78 is 16.9. The molecule has 0 radical (unpaired) electrons. The number of hydrogen-bond acceptors (Lipinski definition) is 3. The van der Waals surface area contributed by atoms with Gasteiger partial charge in [-0.2, -0.15) is 0 Å². The Hall–Kier alpha value is -0.580. The van der Waals surface area contributed by atoms with E-state index in [1.54, 1.807) is 7.11 Å². The molecule has 3 nitrogen and oxygen atoms in total. The van der Waals surface area contributed by atoms with Crippen LogP contribution in [-0.2, 0) is 9.47 Å². The summed E-state index contributed by atoms with van der Waals surface area (Å²) in [6, 6.07) is 6.28. The van der Waals surface area contributed by atoms with Crippen LogP contribution < -0.4 is 4.74 Å². The Kier molecular flexibility index (Phi) is 5.25. The molecule has 2 rings (SSSR count). The first kappa shape index (κ1) is 14.8. The lowest BCUT2D eigenvalue weighted by molar-refractivity contribution is -0.0867. The molecule has 1 saturated carbocycles. The summed E-state index contributed by atoms with van der Waals surface area (Å²) in [7, 11) is 1.68. The zero-order valence-electron chi connectivity index (χ0n) is 11.7. The lowest BCUT2D eigenvalue weighted by atomic mass is 9.91. The summed E-state index contributed by atoms with van der Waals surface area (Å²) in [6.07, 6.45) is 1.21. The van der Waals surface area contributed by atoms with Crippen molar-refractivity contribution in [2.75, 3.05) is 20.3 Å². The standard InChI is InChI=1S/C15H21BrO3/c1-10-4-5-11(2)13(8-10)19-14-9-12(16)15(14)18-7-6-17-3/h4-5,8,12,14-15H,6-7,9H2,1-3H3. The van der Waals surface area contributed by atoms with Crippen LogP contribution in [-0.4, -0.2) is 37.4 Å². The minimum Gasteiger partial charge on any atom is -0.487 e. The summed E-state index contributed by atoms with van der Waals surface area (Å²) >= 11 is 3.62. The van der Waals surface area contributed by atoms with Crippen LogP contribution in [0.25, 0.3) is 0 Å². The molecule has 0 aromatic heterocycles. The molecule has 1 aromatic carbocycles. The number of ether oxygens (including phenoxy) is 3. The van der Waals surface area contributed by atoms with Crippen molar-refractivity contribution in [3.8, 4) is 5.75 Å². The molecule has 1 aliphatic rings. The van der Waals surface area contributed by atoms with Crippen LogP contribution in [0, 0.1) is 13.8 Å². The van der Waals surface area contributed by atoms with Gasteiger partial charge in [0.1, 0.15) is 18.0 Å². The molecule has 1 aliphatic carbocycles. The number of aryl methyl sites for hydroxylation is 2. The molecule has 4 heteroatoms. The van der Waals surface area contributed by atoms with Crippen LogP contribution in [0.2, 0.25) is 0 Å². The number of hydrogen-bond donors (Lipinski definition) is 0. The topological polar surface area (TPSA) is 27.7 Å². The average molecular weight is 329 g/mol. The van der Waals surface area contributed by atoms with Gasteiger partial charge in [-0.15, -0.1) is 0 Å². The molecular weight excluding hydrogens is 308 g/mol. The summed E-state index contributed by atoms with van der Waals surface area (Å²) in [5, 5.41) is 0. The zero-order chi connectivity index (χ0) is 13.8. The summed E-state index contributed by atoms with van der Waals surface area (Å²) in [4.78, 5) is 0.375. The molecule has 19 heavy (non-hydrogen) atoms. The van der Waals surface area contributed by atoms with Gasteiger partial charge in [0, 0.05) is 18.4 Å². The second kappa shape index (κ2) is 6.73. The van der Waals surface area contributed by atoms with E-state index in [9.17, 15) is 0 Å². The van der Waals surface area contributed by atoms with Gasteiger partial charge in [-0.25, -0.2) is 0 Å². The van der Waals surface area contributed by atoms with Crippen LogP contribution in [0.3, 0.4) is 0 Å². The van der Waals surface area contributed by atoms with Crippen LogP contribution in [0.4, 0.5) is 0 Å². The molecule has 1 fully saturated rings. The molecule has 106 valence electrons. The van der Waals surface area contributed by atoms with Crippen molar-refractivity contribution in [1.82, 2.24) is 0 Å². The molecule has 0 N–H and O–H groups in total. The van der Waals surface area contributed by atoms with Crippen molar-refractivity contribution in [2.45, 2.75) is 37.3 Å². The Morgan fingerprint density at radius 2 is 2.05 bits per heavy atom. The Labute approximate surface area is 123 Å². The molecule has 3 atom stereocenters. The maximum absolute atomic E-state index is 6.08. The maximum atomic E-state index is 6.08. The van der Waals surface area contributed by atoms with E-state index in [2.05, 4.69) is 48.0 Å². The number of rotatable bonds is 6. The first-order valence-electron chi connectivity index (χ1n) is 6.60. The van der Waals surface area contributed by atoms with Gasteiger partial charge in [0.25, 0.3) is 0 Å². The van der Waals surface area contributed by atoms with Crippen LogP contribution in [0.5, 0.6) is 5.75 Å². The monoisotopic (exact) mass is 328 g/mol. The molecular formula is C15H21BrO3. The van der Waals surface area contributed by atoms with Gasteiger partial charge in [0.2, 0.25) is 0 Å². The number of methoxy groups -OCH3 is 1. The highest BCUT2D eigenvalue weighted by Crippen LogP contribution is 2.35. The third-order valence-corrected chi connectivity index (χ3v) is 4.30. The van der Waals surface area contributed by atoms with Gasteiger partial charge >= 0.3 is 0 Å². The third kappa shape index (κ3) is 3.71. The van der Waals surface area contributed by atoms with Crippen LogP contribution in [0.15, 0.2) is 18.2 Å². The van der Waals surface area contributed by atoms with Gasteiger partial charge in [0.15, 0.2) is 0 Å². The molecule has 0 aliphatic heterocycles. The molecule has 0 bridgehead atoms. The normalized spacial score (nSPS) is 26.0. The number of alkyl halides is 1. The van der Waals surface area contributed by atoms with Crippen LogP contribution >= 0.6 is 15.9 Å². The van der Waals surface area contributed by atoms with E-state index < -0.39 is 0 Å². The fourth-order valence-electron chi connectivity index (χ4n) is 2.12. The maximum Gasteiger partial charge on any atom is 0.127 e. The van der Waals surface area contributed by atoms with Crippen LogP contribution in [0.1, 0.15) is 17.5 Å². The molecule has 1 aromatic rings. The lowest BCUT2D eigenvalue weighted by Crippen LogP contribution is -2.52. The highest BCUT2D eigenvalue weighted by atomic mass is 79.9. The summed E-state index contributed by atoms with van der Waals surface area (Å²) in [6.45, 7) is 5.37. The van der Waals surface area contributed by atoms with Crippen molar-refractivity contribution in [3.05, 3.63) is 29.3 Å².